The summed E-state index contributed by atoms with van der Waals surface area (Å²) in [6, 6.07) is 4.94. The minimum Gasteiger partial charge on any atom is -0.507 e. The van der Waals surface area contributed by atoms with Crippen LogP contribution in [-0.2, 0) is 0 Å². The summed E-state index contributed by atoms with van der Waals surface area (Å²) < 4.78 is 4.99. The second-order valence-electron chi connectivity index (χ2n) is 3.89. The van der Waals surface area contributed by atoms with Crippen LogP contribution >= 0.6 is 0 Å². The summed E-state index contributed by atoms with van der Waals surface area (Å²) in [5.74, 6) is 0.733. The van der Waals surface area contributed by atoms with Crippen molar-refractivity contribution in [2.75, 3.05) is 20.3 Å². The molecule has 0 heterocycles. The summed E-state index contributed by atoms with van der Waals surface area (Å²) in [6.07, 6.45) is -0.794. The maximum Gasteiger partial charge on any atom is 0.124 e. The number of ether oxygens (including phenoxy) is 1. The number of hydrogen-bond acceptors (Lipinski definition) is 5. The van der Waals surface area contributed by atoms with Gasteiger partial charge in [-0.3, -0.25) is 0 Å². The smallest absolute Gasteiger partial charge is 0.124 e. The zero-order chi connectivity index (χ0) is 12.8. The number of hydrogen-bond donors (Lipinski definition) is 4. The first-order chi connectivity index (χ1) is 8.08. The molecule has 0 aliphatic carbocycles. The Bertz CT molecular complexity index is 356. The minimum atomic E-state index is -0.794. The fourth-order valence-corrected chi connectivity index (χ4v) is 1.50. The minimum absolute atomic E-state index is 0.123. The summed E-state index contributed by atoms with van der Waals surface area (Å²) in [6.45, 7) is 1.85. The van der Waals surface area contributed by atoms with E-state index < -0.39 is 6.10 Å². The molecule has 0 aromatic heterocycles. The quantitative estimate of drug-likeness (QED) is 0.580. The van der Waals surface area contributed by atoms with Crippen LogP contribution in [0, 0.1) is 0 Å². The maximum atomic E-state index is 9.78. The molecule has 0 saturated carbocycles. The van der Waals surface area contributed by atoms with E-state index in [1.165, 1.54) is 13.2 Å². The van der Waals surface area contributed by atoms with Crippen LogP contribution in [0.5, 0.6) is 11.5 Å². The van der Waals surface area contributed by atoms with Crippen molar-refractivity contribution in [2.24, 2.45) is 0 Å². The third-order valence-electron chi connectivity index (χ3n) is 2.57. The highest BCUT2D eigenvalue weighted by Gasteiger charge is 2.12. The first-order valence-electron chi connectivity index (χ1n) is 5.47. The summed E-state index contributed by atoms with van der Waals surface area (Å²) in [5.41, 5.74) is 0.718. The van der Waals surface area contributed by atoms with E-state index in [-0.39, 0.29) is 24.9 Å². The first-order valence-corrected chi connectivity index (χ1v) is 5.47. The number of rotatable bonds is 6. The molecule has 1 aromatic rings. The zero-order valence-corrected chi connectivity index (χ0v) is 10.1. The van der Waals surface area contributed by atoms with Crippen LogP contribution in [0.15, 0.2) is 18.2 Å². The molecule has 0 saturated heterocycles. The predicted octanol–water partition coefficient (Wildman–Crippen LogP) is 0.405. The molecule has 4 N–H and O–H groups in total. The highest BCUT2D eigenvalue weighted by atomic mass is 16.5. The SMILES string of the molecule is COc1ccc(C(C)NCC(O)CO)c(O)c1. The fraction of sp³-hybridized carbons (Fsp3) is 0.500. The van der Waals surface area contributed by atoms with Crippen molar-refractivity contribution in [1.82, 2.24) is 5.32 Å². The van der Waals surface area contributed by atoms with E-state index in [9.17, 15) is 10.2 Å². The Balaban J connectivity index is 2.65. The van der Waals surface area contributed by atoms with Crippen LogP contribution in [0.2, 0.25) is 0 Å². The van der Waals surface area contributed by atoms with Gasteiger partial charge in [0.15, 0.2) is 0 Å². The molecule has 96 valence electrons. The number of benzene rings is 1. The molecule has 1 aromatic carbocycles. The van der Waals surface area contributed by atoms with Crippen LogP contribution in [-0.4, -0.2) is 41.7 Å². The van der Waals surface area contributed by atoms with Gasteiger partial charge in [-0.2, -0.15) is 0 Å². The summed E-state index contributed by atoms with van der Waals surface area (Å²) in [4.78, 5) is 0. The Morgan fingerprint density at radius 1 is 1.41 bits per heavy atom. The van der Waals surface area contributed by atoms with Crippen LogP contribution in [0.1, 0.15) is 18.5 Å². The first kappa shape index (κ1) is 13.8. The van der Waals surface area contributed by atoms with Gasteiger partial charge in [0.2, 0.25) is 0 Å². The second kappa shape index (κ2) is 6.44. The molecule has 0 aliphatic heterocycles. The van der Waals surface area contributed by atoms with Gasteiger partial charge >= 0.3 is 0 Å². The number of aromatic hydroxyl groups is 1. The van der Waals surface area contributed by atoms with Crippen LogP contribution in [0.3, 0.4) is 0 Å². The lowest BCUT2D eigenvalue weighted by molar-refractivity contribution is 0.0923. The number of phenolic OH excluding ortho intramolecular Hbond substituents is 1. The predicted molar refractivity (Wildman–Crippen MR) is 64.2 cm³/mol. The van der Waals surface area contributed by atoms with Gasteiger partial charge in [0.25, 0.3) is 0 Å². The van der Waals surface area contributed by atoms with E-state index in [0.29, 0.717) is 5.75 Å². The van der Waals surface area contributed by atoms with Crippen LogP contribution in [0.25, 0.3) is 0 Å². The van der Waals surface area contributed by atoms with Crippen molar-refractivity contribution in [3.05, 3.63) is 23.8 Å². The van der Waals surface area contributed by atoms with Gasteiger partial charge < -0.3 is 25.4 Å². The molecule has 1 rings (SSSR count). The number of methoxy groups -OCH3 is 1. The Morgan fingerprint density at radius 2 is 2.12 bits per heavy atom. The molecular weight excluding hydrogens is 222 g/mol. The lowest BCUT2D eigenvalue weighted by atomic mass is 10.1. The summed E-state index contributed by atoms with van der Waals surface area (Å²) in [5, 5.41) is 30.7. The van der Waals surface area contributed by atoms with Crippen molar-refractivity contribution >= 4 is 0 Å². The monoisotopic (exact) mass is 241 g/mol. The number of phenols is 1. The van der Waals surface area contributed by atoms with Crippen molar-refractivity contribution in [3.63, 3.8) is 0 Å². The van der Waals surface area contributed by atoms with Gasteiger partial charge in [0.1, 0.15) is 11.5 Å². The molecule has 0 spiro atoms. The molecule has 17 heavy (non-hydrogen) atoms. The average molecular weight is 241 g/mol. The Hall–Kier alpha value is -1.30. The third-order valence-corrected chi connectivity index (χ3v) is 2.57. The van der Waals surface area contributed by atoms with Crippen LogP contribution in [0.4, 0.5) is 0 Å². The highest BCUT2D eigenvalue weighted by molar-refractivity contribution is 5.41. The Kier molecular flexibility index (Phi) is 5.21. The van der Waals surface area contributed by atoms with E-state index in [4.69, 9.17) is 9.84 Å². The van der Waals surface area contributed by atoms with Gasteiger partial charge in [0.05, 0.1) is 19.8 Å². The topological polar surface area (TPSA) is 82.0 Å². The Morgan fingerprint density at radius 3 is 2.65 bits per heavy atom. The van der Waals surface area contributed by atoms with E-state index in [1.807, 2.05) is 6.92 Å². The van der Waals surface area contributed by atoms with E-state index in [1.54, 1.807) is 12.1 Å². The molecule has 0 radical (unpaired) electrons. The molecule has 5 heteroatoms. The third kappa shape index (κ3) is 3.89. The molecule has 0 aliphatic rings. The van der Waals surface area contributed by atoms with Crippen molar-refractivity contribution in [1.29, 1.82) is 0 Å². The van der Waals surface area contributed by atoms with E-state index in [0.717, 1.165) is 5.56 Å². The van der Waals surface area contributed by atoms with Gasteiger partial charge in [-0.25, -0.2) is 0 Å². The lowest BCUT2D eigenvalue weighted by Gasteiger charge is -2.17. The second-order valence-corrected chi connectivity index (χ2v) is 3.89. The Labute approximate surface area is 101 Å². The van der Waals surface area contributed by atoms with Gasteiger partial charge in [0, 0.05) is 24.2 Å². The van der Waals surface area contributed by atoms with Gasteiger partial charge in [-0.15, -0.1) is 0 Å². The molecule has 2 atom stereocenters. The van der Waals surface area contributed by atoms with Gasteiger partial charge in [-0.05, 0) is 13.0 Å². The zero-order valence-electron chi connectivity index (χ0n) is 10.1. The van der Waals surface area contributed by atoms with E-state index >= 15 is 0 Å². The lowest BCUT2D eigenvalue weighted by Crippen LogP contribution is -2.31. The van der Waals surface area contributed by atoms with Crippen LogP contribution < -0.4 is 10.1 Å². The average Bonchev–Trinajstić information content (AvgIpc) is 2.35. The largest absolute Gasteiger partial charge is 0.507 e. The normalized spacial score (nSPS) is 14.4. The molecule has 0 bridgehead atoms. The molecule has 0 fully saturated rings. The molecular formula is C12H19NO4. The maximum absolute atomic E-state index is 9.78. The summed E-state index contributed by atoms with van der Waals surface area (Å²) in [7, 11) is 1.54. The number of nitrogens with one attached hydrogen (secondary N) is 1. The van der Waals surface area contributed by atoms with Crippen molar-refractivity contribution in [3.8, 4) is 11.5 Å². The van der Waals surface area contributed by atoms with Crippen molar-refractivity contribution < 1.29 is 20.1 Å². The number of aliphatic hydroxyl groups is 2. The molecule has 5 nitrogen and oxygen atoms in total. The highest BCUT2D eigenvalue weighted by Crippen LogP contribution is 2.28. The summed E-state index contributed by atoms with van der Waals surface area (Å²) >= 11 is 0. The molecule has 2 unspecified atom stereocenters. The van der Waals surface area contributed by atoms with Crippen molar-refractivity contribution in [2.45, 2.75) is 19.1 Å². The van der Waals surface area contributed by atoms with Gasteiger partial charge in [-0.1, -0.05) is 6.07 Å². The fourth-order valence-electron chi connectivity index (χ4n) is 1.50. The molecule has 0 amide bonds. The standard InChI is InChI=1S/C12H19NO4/c1-8(13-6-9(15)7-14)11-4-3-10(17-2)5-12(11)16/h3-5,8-9,13-16H,6-7H2,1-2H3. The van der Waals surface area contributed by atoms with E-state index in [2.05, 4.69) is 5.32 Å². The number of aliphatic hydroxyl groups excluding tert-OH is 2.